The van der Waals surface area contributed by atoms with Crippen LogP contribution in [0.1, 0.15) is 29.2 Å². The highest BCUT2D eigenvalue weighted by atomic mass is 35.5. The van der Waals surface area contributed by atoms with Crippen LogP contribution in [0.2, 0.25) is 5.28 Å². The molecule has 1 fully saturated rings. The number of carbonyl (C=O) groups is 1. The molecule has 3 nitrogen and oxygen atoms in total. The number of benzene rings is 1. The molecule has 1 aromatic carbocycles. The van der Waals surface area contributed by atoms with Crippen molar-refractivity contribution in [1.29, 1.82) is 0 Å². The topological polar surface area (TPSA) is 34.9 Å². The molecule has 0 N–H and O–H groups in total. The molecule has 0 bridgehead atoms. The Balaban J connectivity index is 2.27. The molecule has 76 valence electrons. The Morgan fingerprint density at radius 3 is 2.93 bits per heavy atom. The van der Waals surface area contributed by atoms with Crippen molar-refractivity contribution in [2.75, 3.05) is 0 Å². The zero-order chi connectivity index (χ0) is 10.4. The molecule has 0 spiro atoms. The minimum absolute atomic E-state index is 0.504. The molecule has 1 aliphatic carbocycles. The van der Waals surface area contributed by atoms with Gasteiger partial charge in [-0.2, -0.15) is 0 Å². The van der Waals surface area contributed by atoms with Crippen LogP contribution in [0, 0.1) is 0 Å². The van der Waals surface area contributed by atoms with E-state index in [4.69, 9.17) is 11.6 Å². The molecule has 4 heteroatoms. The fourth-order valence-electron chi connectivity index (χ4n) is 1.84. The number of rotatable bonds is 2. The van der Waals surface area contributed by atoms with E-state index in [-0.39, 0.29) is 0 Å². The lowest BCUT2D eigenvalue weighted by Gasteiger charge is -2.01. The number of aromatic nitrogens is 2. The molecule has 0 saturated heterocycles. The lowest BCUT2D eigenvalue weighted by atomic mass is 10.2. The molecule has 0 amide bonds. The van der Waals surface area contributed by atoms with Crippen LogP contribution in [-0.2, 0) is 0 Å². The Kier molecular flexibility index (Phi) is 1.83. The van der Waals surface area contributed by atoms with E-state index in [2.05, 4.69) is 4.98 Å². The Labute approximate surface area is 91.7 Å². The maximum Gasteiger partial charge on any atom is 0.204 e. The Bertz CT molecular complexity index is 543. The first-order chi connectivity index (χ1) is 7.29. The zero-order valence-electron chi connectivity index (χ0n) is 7.98. The molecule has 1 saturated carbocycles. The number of aldehydes is 1. The summed E-state index contributed by atoms with van der Waals surface area (Å²) in [6.07, 6.45) is 3.16. The van der Waals surface area contributed by atoms with Crippen LogP contribution < -0.4 is 0 Å². The van der Waals surface area contributed by atoms with E-state index < -0.39 is 0 Å². The normalized spacial score (nSPS) is 15.8. The smallest absolute Gasteiger partial charge is 0.204 e. The van der Waals surface area contributed by atoms with Gasteiger partial charge in [0.15, 0.2) is 0 Å². The van der Waals surface area contributed by atoms with Crippen LogP contribution in [0.5, 0.6) is 0 Å². The van der Waals surface area contributed by atoms with E-state index in [1.54, 1.807) is 12.1 Å². The molecular formula is C11H9ClN2O. The average Bonchev–Trinajstić information content (AvgIpc) is 3.00. The van der Waals surface area contributed by atoms with Crippen molar-refractivity contribution >= 4 is 28.9 Å². The van der Waals surface area contributed by atoms with Crippen molar-refractivity contribution in [3.05, 3.63) is 29.0 Å². The van der Waals surface area contributed by atoms with Crippen LogP contribution in [-0.4, -0.2) is 15.8 Å². The van der Waals surface area contributed by atoms with Gasteiger partial charge in [-0.1, -0.05) is 0 Å². The van der Waals surface area contributed by atoms with Gasteiger partial charge in [0.1, 0.15) is 6.29 Å². The summed E-state index contributed by atoms with van der Waals surface area (Å²) in [4.78, 5) is 14.9. The highest BCUT2D eigenvalue weighted by molar-refractivity contribution is 6.29. The monoisotopic (exact) mass is 220 g/mol. The minimum atomic E-state index is 0.504. The number of carbonyl (C=O) groups excluding carboxylic acids is 1. The molecule has 1 aromatic heterocycles. The lowest BCUT2D eigenvalue weighted by Crippen LogP contribution is -1.92. The highest BCUT2D eigenvalue weighted by Crippen LogP contribution is 2.39. The van der Waals surface area contributed by atoms with E-state index >= 15 is 0 Å². The van der Waals surface area contributed by atoms with E-state index in [1.807, 2.05) is 10.6 Å². The molecule has 0 radical (unpaired) electrons. The molecule has 1 aliphatic rings. The summed E-state index contributed by atoms with van der Waals surface area (Å²) >= 11 is 6.06. The molecule has 0 unspecified atom stereocenters. The summed E-state index contributed by atoms with van der Waals surface area (Å²) in [7, 11) is 0. The second-order valence-corrected chi connectivity index (χ2v) is 4.19. The van der Waals surface area contributed by atoms with E-state index in [0.717, 1.165) is 17.3 Å². The maximum atomic E-state index is 10.6. The third-order valence-electron chi connectivity index (χ3n) is 2.72. The van der Waals surface area contributed by atoms with Gasteiger partial charge >= 0.3 is 0 Å². The van der Waals surface area contributed by atoms with Crippen molar-refractivity contribution in [2.24, 2.45) is 0 Å². The second-order valence-electron chi connectivity index (χ2n) is 3.85. The number of halogens is 1. The molecule has 2 aromatic rings. The van der Waals surface area contributed by atoms with Crippen LogP contribution >= 0.6 is 11.6 Å². The molecule has 0 aliphatic heterocycles. The standard InChI is InChI=1S/C11H9ClN2O/c12-11-13-9-5-7(6-15)1-4-10(9)14(11)8-2-3-8/h1,4-6,8H,2-3H2. The third-order valence-corrected chi connectivity index (χ3v) is 2.99. The van der Waals surface area contributed by atoms with E-state index in [1.165, 1.54) is 12.8 Å². The summed E-state index contributed by atoms with van der Waals surface area (Å²) in [5, 5.41) is 0.524. The fourth-order valence-corrected chi connectivity index (χ4v) is 2.16. The lowest BCUT2D eigenvalue weighted by molar-refractivity contribution is 0.112. The summed E-state index contributed by atoms with van der Waals surface area (Å²) < 4.78 is 2.05. The van der Waals surface area contributed by atoms with Crippen LogP contribution in [0.4, 0.5) is 0 Å². The van der Waals surface area contributed by atoms with Crippen molar-refractivity contribution in [3.8, 4) is 0 Å². The summed E-state index contributed by atoms with van der Waals surface area (Å²) in [5.41, 5.74) is 2.46. The first-order valence-electron chi connectivity index (χ1n) is 4.92. The fraction of sp³-hybridized carbons (Fsp3) is 0.273. The predicted octanol–water partition coefficient (Wildman–Crippen LogP) is 2.84. The SMILES string of the molecule is O=Cc1ccc2c(c1)nc(Cl)n2C1CC1. The second kappa shape index (κ2) is 3.07. The van der Waals surface area contributed by atoms with Crippen LogP contribution in [0.3, 0.4) is 0 Å². The van der Waals surface area contributed by atoms with Crippen molar-refractivity contribution in [2.45, 2.75) is 18.9 Å². The Morgan fingerprint density at radius 1 is 1.47 bits per heavy atom. The van der Waals surface area contributed by atoms with Crippen LogP contribution in [0.25, 0.3) is 11.0 Å². The Morgan fingerprint density at radius 2 is 2.27 bits per heavy atom. The van der Waals surface area contributed by atoms with Gasteiger partial charge in [-0.25, -0.2) is 4.98 Å². The maximum absolute atomic E-state index is 10.6. The van der Waals surface area contributed by atoms with E-state index in [9.17, 15) is 4.79 Å². The number of hydrogen-bond acceptors (Lipinski definition) is 2. The van der Waals surface area contributed by atoms with Crippen molar-refractivity contribution in [3.63, 3.8) is 0 Å². The predicted molar refractivity (Wildman–Crippen MR) is 58.4 cm³/mol. The van der Waals surface area contributed by atoms with Gasteiger partial charge in [-0.05, 0) is 42.6 Å². The summed E-state index contributed by atoms with van der Waals surface area (Å²) in [5.74, 6) is 0. The summed E-state index contributed by atoms with van der Waals surface area (Å²) in [6.45, 7) is 0. The average molecular weight is 221 g/mol. The largest absolute Gasteiger partial charge is 0.312 e. The number of imidazole rings is 1. The van der Waals surface area contributed by atoms with Gasteiger partial charge in [0.2, 0.25) is 5.28 Å². The zero-order valence-corrected chi connectivity index (χ0v) is 8.74. The van der Waals surface area contributed by atoms with Gasteiger partial charge < -0.3 is 4.57 Å². The van der Waals surface area contributed by atoms with Crippen molar-refractivity contribution < 1.29 is 4.79 Å². The molecule has 0 atom stereocenters. The number of nitrogens with zero attached hydrogens (tertiary/aromatic N) is 2. The molecule has 3 rings (SSSR count). The molecule has 1 heterocycles. The third kappa shape index (κ3) is 1.35. The number of hydrogen-bond donors (Lipinski definition) is 0. The van der Waals surface area contributed by atoms with Gasteiger partial charge in [0, 0.05) is 11.6 Å². The Hall–Kier alpha value is -1.35. The van der Waals surface area contributed by atoms with Gasteiger partial charge in [-0.3, -0.25) is 4.79 Å². The van der Waals surface area contributed by atoms with E-state index in [0.29, 0.717) is 16.9 Å². The van der Waals surface area contributed by atoms with Gasteiger partial charge in [0.25, 0.3) is 0 Å². The first kappa shape index (κ1) is 8.92. The molecular weight excluding hydrogens is 212 g/mol. The quantitative estimate of drug-likeness (QED) is 0.730. The number of fused-ring (bicyclic) bond motifs is 1. The van der Waals surface area contributed by atoms with Crippen LogP contribution in [0.15, 0.2) is 18.2 Å². The molecule has 15 heavy (non-hydrogen) atoms. The minimum Gasteiger partial charge on any atom is -0.312 e. The summed E-state index contributed by atoms with van der Waals surface area (Å²) in [6, 6.07) is 5.99. The highest BCUT2D eigenvalue weighted by Gasteiger charge is 2.27. The van der Waals surface area contributed by atoms with Gasteiger partial charge in [-0.15, -0.1) is 0 Å². The van der Waals surface area contributed by atoms with Gasteiger partial charge in [0.05, 0.1) is 11.0 Å². The first-order valence-corrected chi connectivity index (χ1v) is 5.30. The van der Waals surface area contributed by atoms with Crippen molar-refractivity contribution in [1.82, 2.24) is 9.55 Å².